The number of aliphatic hydroxyl groups excluding tert-OH is 1. The molecule has 1 heterocycles. The van der Waals surface area contributed by atoms with E-state index < -0.39 is 5.76 Å². The van der Waals surface area contributed by atoms with Gasteiger partial charge in [-0.3, -0.25) is 4.98 Å². The lowest BCUT2D eigenvalue weighted by Gasteiger charge is -2.39. The van der Waals surface area contributed by atoms with Crippen LogP contribution in [0.4, 0.5) is 11.4 Å². The molecule has 20 heavy (non-hydrogen) atoms. The summed E-state index contributed by atoms with van der Waals surface area (Å²) >= 11 is 0. The van der Waals surface area contributed by atoms with Gasteiger partial charge in [-0.15, -0.1) is 0 Å². The van der Waals surface area contributed by atoms with Crippen molar-refractivity contribution in [2.75, 3.05) is 23.8 Å². The summed E-state index contributed by atoms with van der Waals surface area (Å²) in [4.78, 5) is 16.1. The Bertz CT molecular complexity index is 657. The van der Waals surface area contributed by atoms with Crippen LogP contribution < -0.4 is 16.4 Å². The van der Waals surface area contributed by atoms with E-state index in [1.165, 1.54) is 6.42 Å². The summed E-state index contributed by atoms with van der Waals surface area (Å²) in [6.45, 7) is 0.923. The maximum Gasteiger partial charge on any atom is 0.417 e. The summed E-state index contributed by atoms with van der Waals surface area (Å²) in [7, 11) is 0. The van der Waals surface area contributed by atoms with E-state index in [4.69, 9.17) is 15.3 Å². The zero-order valence-electron chi connectivity index (χ0n) is 11.3. The van der Waals surface area contributed by atoms with Gasteiger partial charge in [0.15, 0.2) is 5.58 Å². The normalized spacial score (nSPS) is 15.4. The van der Waals surface area contributed by atoms with Crippen LogP contribution in [0.25, 0.3) is 11.1 Å². The van der Waals surface area contributed by atoms with Crippen LogP contribution in [-0.4, -0.2) is 29.3 Å². The molecule has 1 aliphatic carbocycles. The Hall–Kier alpha value is -1.95. The fourth-order valence-corrected chi connectivity index (χ4v) is 2.69. The highest BCUT2D eigenvalue weighted by Crippen LogP contribution is 2.35. The maximum atomic E-state index is 11.2. The number of oxazole rings is 1. The van der Waals surface area contributed by atoms with Crippen molar-refractivity contribution in [3.05, 3.63) is 22.7 Å². The number of aliphatic hydroxyl groups is 1. The fourth-order valence-electron chi connectivity index (χ4n) is 2.69. The van der Waals surface area contributed by atoms with Crippen molar-refractivity contribution >= 4 is 22.5 Å². The highest BCUT2D eigenvalue weighted by molar-refractivity contribution is 5.85. The van der Waals surface area contributed by atoms with Crippen molar-refractivity contribution in [3.8, 4) is 0 Å². The number of aromatic nitrogens is 1. The second-order valence-electron chi connectivity index (χ2n) is 5.28. The minimum atomic E-state index is -0.470. The van der Waals surface area contributed by atoms with Crippen LogP contribution in [0, 0.1) is 0 Å². The van der Waals surface area contributed by atoms with Gasteiger partial charge in [0, 0.05) is 25.3 Å². The first-order valence-corrected chi connectivity index (χ1v) is 6.99. The van der Waals surface area contributed by atoms with Crippen LogP contribution in [0.15, 0.2) is 21.3 Å². The molecule has 0 aliphatic heterocycles. The van der Waals surface area contributed by atoms with Gasteiger partial charge in [0.1, 0.15) is 0 Å². The average molecular weight is 277 g/mol. The van der Waals surface area contributed by atoms with Crippen molar-refractivity contribution in [1.29, 1.82) is 0 Å². The molecule has 1 aromatic heterocycles. The zero-order chi connectivity index (χ0) is 14.1. The Kier molecular flexibility index (Phi) is 3.40. The summed E-state index contributed by atoms with van der Waals surface area (Å²) in [5.41, 5.74) is 8.76. The summed E-state index contributed by atoms with van der Waals surface area (Å²) < 4.78 is 5.02. The minimum absolute atomic E-state index is 0.161. The number of rotatable bonds is 5. The van der Waals surface area contributed by atoms with Crippen molar-refractivity contribution in [2.24, 2.45) is 0 Å². The second kappa shape index (κ2) is 5.20. The average Bonchev–Trinajstić information content (AvgIpc) is 2.70. The number of benzene rings is 1. The Morgan fingerprint density at radius 1 is 1.45 bits per heavy atom. The number of H-pyrrole nitrogens is 1. The number of nitrogen functional groups attached to an aromatic ring is 1. The molecule has 2 aromatic rings. The van der Waals surface area contributed by atoms with Crippen LogP contribution in [0.1, 0.15) is 25.7 Å². The monoisotopic (exact) mass is 277 g/mol. The lowest BCUT2D eigenvalue weighted by Crippen LogP contribution is -2.41. The third-order valence-electron chi connectivity index (χ3n) is 3.95. The Morgan fingerprint density at radius 2 is 2.25 bits per heavy atom. The molecule has 1 aliphatic rings. The van der Waals surface area contributed by atoms with Gasteiger partial charge in [0.25, 0.3) is 0 Å². The Balaban J connectivity index is 1.99. The van der Waals surface area contributed by atoms with E-state index in [0.29, 0.717) is 29.2 Å². The number of hydrogen-bond acceptors (Lipinski definition) is 5. The van der Waals surface area contributed by atoms with Crippen molar-refractivity contribution in [3.63, 3.8) is 0 Å². The van der Waals surface area contributed by atoms with Gasteiger partial charge < -0.3 is 20.2 Å². The Morgan fingerprint density at radius 3 is 2.90 bits per heavy atom. The van der Waals surface area contributed by atoms with Crippen LogP contribution in [-0.2, 0) is 0 Å². The molecule has 0 radical (unpaired) electrons. The van der Waals surface area contributed by atoms with E-state index in [-0.39, 0.29) is 6.61 Å². The number of fused-ring (bicyclic) bond motifs is 1. The second-order valence-corrected chi connectivity index (χ2v) is 5.28. The molecule has 0 unspecified atom stereocenters. The van der Waals surface area contributed by atoms with Crippen molar-refractivity contribution < 1.29 is 9.52 Å². The molecule has 6 heteroatoms. The van der Waals surface area contributed by atoms with E-state index in [2.05, 4.69) is 9.88 Å². The molecular weight excluding hydrogens is 258 g/mol. The first kappa shape index (κ1) is 13.1. The minimum Gasteiger partial charge on any atom is -0.408 e. The maximum absolute atomic E-state index is 11.2. The summed E-state index contributed by atoms with van der Waals surface area (Å²) in [5, 5.41) is 9.06. The lowest BCUT2D eigenvalue weighted by molar-refractivity contribution is 0.283. The first-order valence-electron chi connectivity index (χ1n) is 6.99. The summed E-state index contributed by atoms with van der Waals surface area (Å²) in [6.07, 6.45) is 4.22. The number of anilines is 2. The molecule has 1 aromatic carbocycles. The van der Waals surface area contributed by atoms with Gasteiger partial charge in [-0.2, -0.15) is 0 Å². The topological polar surface area (TPSA) is 95.5 Å². The largest absolute Gasteiger partial charge is 0.417 e. The molecular formula is C14H19N3O3. The molecule has 0 bridgehead atoms. The van der Waals surface area contributed by atoms with E-state index in [1.807, 2.05) is 6.07 Å². The van der Waals surface area contributed by atoms with E-state index in [9.17, 15) is 4.79 Å². The number of nitrogens with one attached hydrogen (secondary N) is 1. The smallest absolute Gasteiger partial charge is 0.408 e. The first-order chi connectivity index (χ1) is 9.69. The predicted molar refractivity (Wildman–Crippen MR) is 77.9 cm³/mol. The van der Waals surface area contributed by atoms with Gasteiger partial charge in [-0.1, -0.05) is 0 Å². The summed E-state index contributed by atoms with van der Waals surface area (Å²) in [5.74, 6) is -0.470. The van der Waals surface area contributed by atoms with Gasteiger partial charge in [-0.05, 0) is 31.7 Å². The lowest BCUT2D eigenvalue weighted by atomic mass is 9.90. The van der Waals surface area contributed by atoms with Gasteiger partial charge in [0.05, 0.1) is 16.9 Å². The van der Waals surface area contributed by atoms with E-state index >= 15 is 0 Å². The zero-order valence-corrected chi connectivity index (χ0v) is 11.3. The van der Waals surface area contributed by atoms with Crippen molar-refractivity contribution in [1.82, 2.24) is 4.98 Å². The molecule has 3 rings (SSSR count). The highest BCUT2D eigenvalue weighted by Gasteiger charge is 2.26. The molecule has 4 N–H and O–H groups in total. The summed E-state index contributed by atoms with van der Waals surface area (Å²) in [6, 6.07) is 4.03. The van der Waals surface area contributed by atoms with E-state index in [1.54, 1.807) is 6.07 Å². The molecule has 0 saturated heterocycles. The number of hydrogen-bond donors (Lipinski definition) is 3. The molecule has 0 spiro atoms. The quantitative estimate of drug-likeness (QED) is 0.719. The van der Waals surface area contributed by atoms with Gasteiger partial charge in [-0.25, -0.2) is 4.79 Å². The predicted octanol–water partition coefficient (Wildman–Crippen LogP) is 1.44. The highest BCUT2D eigenvalue weighted by atomic mass is 16.4. The standard InChI is InChI=1S/C14H19N3O3/c15-10-7-13-11(16-14(19)20-13)8-12(10)17(5-2-6-18)9-3-1-4-9/h7-9,18H,1-6,15H2,(H,16,19). The molecule has 6 nitrogen and oxygen atoms in total. The van der Waals surface area contributed by atoms with Crippen LogP contribution >= 0.6 is 0 Å². The third-order valence-corrected chi connectivity index (χ3v) is 3.95. The third kappa shape index (κ3) is 2.27. The van der Waals surface area contributed by atoms with Crippen molar-refractivity contribution in [2.45, 2.75) is 31.7 Å². The number of nitrogens with zero attached hydrogens (tertiary/aromatic N) is 1. The Labute approximate surface area is 116 Å². The van der Waals surface area contributed by atoms with E-state index in [0.717, 1.165) is 25.1 Å². The molecule has 1 saturated carbocycles. The SMILES string of the molecule is Nc1cc2oc(=O)[nH]c2cc1N(CCCO)C1CCC1. The van der Waals surface area contributed by atoms with Crippen LogP contribution in [0.3, 0.4) is 0 Å². The molecule has 0 atom stereocenters. The number of aromatic amines is 1. The van der Waals surface area contributed by atoms with Crippen LogP contribution in [0.2, 0.25) is 0 Å². The van der Waals surface area contributed by atoms with Crippen LogP contribution in [0.5, 0.6) is 0 Å². The van der Waals surface area contributed by atoms with Gasteiger partial charge >= 0.3 is 5.76 Å². The molecule has 108 valence electrons. The van der Waals surface area contributed by atoms with Gasteiger partial charge in [0.2, 0.25) is 0 Å². The number of nitrogens with two attached hydrogens (primary N) is 1. The molecule has 0 amide bonds. The molecule has 1 fully saturated rings. The fraction of sp³-hybridized carbons (Fsp3) is 0.500.